The van der Waals surface area contributed by atoms with Crippen molar-refractivity contribution in [1.29, 1.82) is 0 Å². The topological polar surface area (TPSA) is 77.3 Å². The maximum Gasteiger partial charge on any atom is 0.167 e. The van der Waals surface area contributed by atoms with E-state index in [1.54, 1.807) is 12.1 Å². The number of allylic oxidation sites excluding steroid dienone is 4. The highest BCUT2D eigenvalue weighted by Crippen LogP contribution is 2.30. The van der Waals surface area contributed by atoms with Crippen molar-refractivity contribution in [1.82, 2.24) is 29.9 Å². The van der Waals surface area contributed by atoms with Crippen LogP contribution < -0.4 is 0 Å². The van der Waals surface area contributed by atoms with Crippen molar-refractivity contribution in [2.45, 2.75) is 12.8 Å². The Labute approximate surface area is 248 Å². The third-order valence-electron chi connectivity index (χ3n) is 7.09. The van der Waals surface area contributed by atoms with Crippen molar-refractivity contribution in [3.05, 3.63) is 139 Å². The fourth-order valence-electron chi connectivity index (χ4n) is 4.89. The second kappa shape index (κ2) is 11.7. The molecule has 0 aliphatic heterocycles. The zero-order chi connectivity index (χ0) is 29.0. The SMILES string of the molecule is Fc1cc(-c2nc(C3=CCCC=C3)nc(-c3ccccc3)n2)ccc1-c1nc(-c2ccccc2)nc(-c2ccccc2)n1. The first-order chi connectivity index (χ1) is 21.2. The second-order valence-corrected chi connectivity index (χ2v) is 10.0. The molecule has 2 heterocycles. The van der Waals surface area contributed by atoms with E-state index in [1.165, 1.54) is 6.07 Å². The lowest BCUT2D eigenvalue weighted by molar-refractivity contribution is 0.630. The van der Waals surface area contributed by atoms with Gasteiger partial charge in [0, 0.05) is 27.8 Å². The van der Waals surface area contributed by atoms with Gasteiger partial charge in [-0.15, -0.1) is 0 Å². The van der Waals surface area contributed by atoms with Crippen molar-refractivity contribution in [3.8, 4) is 56.9 Å². The van der Waals surface area contributed by atoms with Crippen LogP contribution in [0.2, 0.25) is 0 Å². The van der Waals surface area contributed by atoms with Gasteiger partial charge in [0.2, 0.25) is 0 Å². The van der Waals surface area contributed by atoms with Crippen LogP contribution in [0.1, 0.15) is 18.7 Å². The van der Waals surface area contributed by atoms with E-state index in [0.717, 1.165) is 35.1 Å². The Morgan fingerprint density at radius 3 is 1.37 bits per heavy atom. The van der Waals surface area contributed by atoms with Crippen LogP contribution in [0.15, 0.2) is 127 Å². The molecule has 0 fully saturated rings. The molecule has 0 bridgehead atoms. The Bertz CT molecular complexity index is 1920. The molecule has 0 saturated heterocycles. The number of benzene rings is 4. The number of hydrogen-bond acceptors (Lipinski definition) is 6. The smallest absolute Gasteiger partial charge is 0.167 e. The maximum absolute atomic E-state index is 16.0. The van der Waals surface area contributed by atoms with Crippen LogP contribution in [0.3, 0.4) is 0 Å². The minimum absolute atomic E-state index is 0.246. The highest BCUT2D eigenvalue weighted by Gasteiger charge is 2.18. The molecule has 0 spiro atoms. The van der Waals surface area contributed by atoms with Crippen LogP contribution in [0.25, 0.3) is 62.5 Å². The van der Waals surface area contributed by atoms with Crippen LogP contribution in [0, 0.1) is 5.82 Å². The summed E-state index contributed by atoms with van der Waals surface area (Å²) in [5.74, 6) is 2.17. The quantitative estimate of drug-likeness (QED) is 0.204. The van der Waals surface area contributed by atoms with Crippen LogP contribution in [-0.4, -0.2) is 29.9 Å². The van der Waals surface area contributed by atoms with Gasteiger partial charge < -0.3 is 0 Å². The molecule has 1 aliphatic carbocycles. The van der Waals surface area contributed by atoms with E-state index in [0.29, 0.717) is 34.7 Å². The number of aromatic nitrogens is 6. The summed E-state index contributed by atoms with van der Waals surface area (Å²) in [6, 6.07) is 33.9. The molecule has 2 aromatic heterocycles. The first-order valence-electron chi connectivity index (χ1n) is 14.1. The van der Waals surface area contributed by atoms with Gasteiger partial charge >= 0.3 is 0 Å². The Kier molecular flexibility index (Phi) is 7.11. The molecule has 0 unspecified atom stereocenters. The summed E-state index contributed by atoms with van der Waals surface area (Å²) in [7, 11) is 0. The van der Waals surface area contributed by atoms with Gasteiger partial charge in [-0.2, -0.15) is 0 Å². The van der Waals surface area contributed by atoms with Gasteiger partial charge in [0.25, 0.3) is 0 Å². The molecule has 7 rings (SSSR count). The molecule has 0 saturated carbocycles. The molecule has 0 amide bonds. The monoisotopic (exact) mass is 560 g/mol. The standard InChI is InChI=1S/C36H25FN6/c37-30-23-28(35-40-31(24-13-5-1-6-14-24)38-32(41-35)25-15-7-2-8-16-25)21-22-29(30)36-42-33(26-17-9-3-10-18-26)39-34(43-36)27-19-11-4-12-20-27/h1,3-7,9-23H,2,8H2. The van der Waals surface area contributed by atoms with Gasteiger partial charge in [-0.3, -0.25) is 0 Å². The van der Waals surface area contributed by atoms with Gasteiger partial charge in [-0.25, -0.2) is 34.3 Å². The largest absolute Gasteiger partial charge is 0.208 e. The Morgan fingerprint density at radius 2 is 0.907 bits per heavy atom. The molecule has 1 aliphatic rings. The molecule has 4 aromatic carbocycles. The molecule has 6 aromatic rings. The zero-order valence-electron chi connectivity index (χ0n) is 23.1. The third kappa shape index (κ3) is 5.61. The molecule has 0 N–H and O–H groups in total. The third-order valence-corrected chi connectivity index (χ3v) is 7.09. The minimum atomic E-state index is -0.485. The molecular formula is C36H25FN6. The number of rotatable bonds is 6. The van der Waals surface area contributed by atoms with Crippen molar-refractivity contribution in [3.63, 3.8) is 0 Å². The lowest BCUT2D eigenvalue weighted by Gasteiger charge is -2.12. The summed E-state index contributed by atoms with van der Waals surface area (Å²) in [6.45, 7) is 0. The van der Waals surface area contributed by atoms with Gasteiger partial charge in [0.15, 0.2) is 34.9 Å². The maximum atomic E-state index is 16.0. The lowest BCUT2D eigenvalue weighted by atomic mass is 10.1. The molecule has 43 heavy (non-hydrogen) atoms. The number of nitrogens with zero attached hydrogens (tertiary/aromatic N) is 6. The van der Waals surface area contributed by atoms with Crippen LogP contribution >= 0.6 is 0 Å². The van der Waals surface area contributed by atoms with E-state index < -0.39 is 5.82 Å². The highest BCUT2D eigenvalue weighted by molar-refractivity contribution is 5.74. The normalized spacial score (nSPS) is 12.6. The molecule has 6 nitrogen and oxygen atoms in total. The van der Waals surface area contributed by atoms with E-state index in [2.05, 4.69) is 22.1 Å². The van der Waals surface area contributed by atoms with E-state index >= 15 is 4.39 Å². The predicted molar refractivity (Wildman–Crippen MR) is 167 cm³/mol. The van der Waals surface area contributed by atoms with Crippen molar-refractivity contribution < 1.29 is 4.39 Å². The fourth-order valence-corrected chi connectivity index (χ4v) is 4.89. The number of halogens is 1. The minimum Gasteiger partial charge on any atom is -0.208 e. The Morgan fingerprint density at radius 1 is 0.442 bits per heavy atom. The summed E-state index contributed by atoms with van der Waals surface area (Å²) in [4.78, 5) is 28.3. The lowest BCUT2D eigenvalue weighted by Crippen LogP contribution is -2.04. The van der Waals surface area contributed by atoms with Gasteiger partial charge in [-0.05, 0) is 25.0 Å². The van der Waals surface area contributed by atoms with Crippen LogP contribution in [0.5, 0.6) is 0 Å². The first kappa shape index (κ1) is 26.2. The highest BCUT2D eigenvalue weighted by atomic mass is 19.1. The van der Waals surface area contributed by atoms with Gasteiger partial charge in [0.1, 0.15) is 5.82 Å². The van der Waals surface area contributed by atoms with E-state index in [1.807, 2.05) is 97.1 Å². The fraction of sp³-hybridized carbons (Fsp3) is 0.0556. The van der Waals surface area contributed by atoms with Crippen LogP contribution in [0.4, 0.5) is 4.39 Å². The van der Waals surface area contributed by atoms with Crippen molar-refractivity contribution in [2.75, 3.05) is 0 Å². The predicted octanol–water partition coefficient (Wildman–Crippen LogP) is 8.26. The average Bonchev–Trinajstić information content (AvgIpc) is 3.09. The molecule has 0 atom stereocenters. The summed E-state index contributed by atoms with van der Waals surface area (Å²) >= 11 is 0. The van der Waals surface area contributed by atoms with Crippen molar-refractivity contribution >= 4 is 5.57 Å². The summed E-state index contributed by atoms with van der Waals surface area (Å²) in [6.07, 6.45) is 8.15. The average molecular weight is 561 g/mol. The van der Waals surface area contributed by atoms with Crippen LogP contribution in [-0.2, 0) is 0 Å². The van der Waals surface area contributed by atoms with Crippen molar-refractivity contribution in [2.24, 2.45) is 0 Å². The summed E-state index contributed by atoms with van der Waals surface area (Å²) in [5, 5.41) is 0. The Balaban J connectivity index is 1.33. The van der Waals surface area contributed by atoms with E-state index in [4.69, 9.17) is 19.9 Å². The zero-order valence-corrected chi connectivity index (χ0v) is 23.1. The summed E-state index contributed by atoms with van der Waals surface area (Å²) < 4.78 is 16.0. The van der Waals surface area contributed by atoms with E-state index in [9.17, 15) is 0 Å². The Hall–Kier alpha value is -5.69. The van der Waals surface area contributed by atoms with Gasteiger partial charge in [0.05, 0.1) is 5.56 Å². The van der Waals surface area contributed by atoms with Gasteiger partial charge in [-0.1, -0.05) is 115 Å². The first-order valence-corrected chi connectivity index (χ1v) is 14.1. The number of hydrogen-bond donors (Lipinski definition) is 0. The molecule has 0 radical (unpaired) electrons. The second-order valence-electron chi connectivity index (χ2n) is 10.0. The molecule has 206 valence electrons. The molecular weight excluding hydrogens is 535 g/mol. The van der Waals surface area contributed by atoms with E-state index in [-0.39, 0.29) is 11.4 Å². The summed E-state index contributed by atoms with van der Waals surface area (Å²) in [5.41, 5.74) is 4.21. The molecule has 7 heteroatoms.